The summed E-state index contributed by atoms with van der Waals surface area (Å²) in [6.07, 6.45) is -0.151. The molecule has 10 heteroatoms. The quantitative estimate of drug-likeness (QED) is 0.247. The third-order valence-corrected chi connectivity index (χ3v) is 8.01. The Kier molecular flexibility index (Phi) is 7.70. The van der Waals surface area contributed by atoms with Gasteiger partial charge in [-0.15, -0.1) is 0 Å². The standard InChI is InChI=1S/C29H24Cl2N2O5S/c1-19-5-4-6-22(15-19)37-23-17-33(18-23)29(34)25-16-20(30)9-14-27(25)32-39(35,36)24-12-10-21(11-13-24)38-28-8-3-2-7-26(28)31/h2-16,23,32H,17-18H2,1H3. The maximum Gasteiger partial charge on any atom is 0.261 e. The summed E-state index contributed by atoms with van der Waals surface area (Å²) in [6, 6.07) is 25.0. The van der Waals surface area contributed by atoms with Crippen LogP contribution in [0, 0.1) is 6.92 Å². The number of hydrogen-bond donors (Lipinski definition) is 1. The Morgan fingerprint density at radius 1 is 0.897 bits per heavy atom. The molecule has 1 heterocycles. The number of para-hydroxylation sites is 1. The van der Waals surface area contributed by atoms with Gasteiger partial charge in [0, 0.05) is 5.02 Å². The number of benzene rings is 4. The minimum absolute atomic E-state index is 0.00192. The molecule has 0 aromatic heterocycles. The second-order valence-electron chi connectivity index (χ2n) is 9.07. The minimum Gasteiger partial charge on any atom is -0.487 e. The topological polar surface area (TPSA) is 84.9 Å². The lowest BCUT2D eigenvalue weighted by atomic mass is 10.1. The molecule has 0 bridgehead atoms. The molecule has 0 radical (unpaired) electrons. The third kappa shape index (κ3) is 6.30. The van der Waals surface area contributed by atoms with E-state index < -0.39 is 10.0 Å². The van der Waals surface area contributed by atoms with Crippen LogP contribution in [0.15, 0.2) is 95.9 Å². The van der Waals surface area contributed by atoms with Crippen LogP contribution in [0.3, 0.4) is 0 Å². The van der Waals surface area contributed by atoms with E-state index in [1.807, 2.05) is 31.2 Å². The average molecular weight is 583 g/mol. The van der Waals surface area contributed by atoms with Crippen LogP contribution in [0.5, 0.6) is 17.2 Å². The van der Waals surface area contributed by atoms with Crippen LogP contribution < -0.4 is 14.2 Å². The van der Waals surface area contributed by atoms with Gasteiger partial charge in [0.05, 0.1) is 34.3 Å². The molecular weight excluding hydrogens is 559 g/mol. The molecule has 200 valence electrons. The van der Waals surface area contributed by atoms with E-state index in [-0.39, 0.29) is 28.2 Å². The van der Waals surface area contributed by atoms with Gasteiger partial charge >= 0.3 is 0 Å². The highest BCUT2D eigenvalue weighted by Crippen LogP contribution is 2.31. The Morgan fingerprint density at radius 2 is 1.64 bits per heavy atom. The number of amides is 1. The van der Waals surface area contributed by atoms with Crippen LogP contribution in [0.1, 0.15) is 15.9 Å². The van der Waals surface area contributed by atoms with Gasteiger partial charge < -0.3 is 14.4 Å². The van der Waals surface area contributed by atoms with Crippen molar-refractivity contribution in [2.45, 2.75) is 17.9 Å². The first kappa shape index (κ1) is 26.9. The predicted molar refractivity (Wildman–Crippen MR) is 152 cm³/mol. The van der Waals surface area contributed by atoms with Crippen molar-refractivity contribution >= 4 is 44.8 Å². The molecule has 1 fully saturated rings. The minimum atomic E-state index is -4.02. The van der Waals surface area contributed by atoms with Crippen molar-refractivity contribution in [2.24, 2.45) is 0 Å². The van der Waals surface area contributed by atoms with Gasteiger partial charge in [-0.3, -0.25) is 9.52 Å². The molecule has 1 aliphatic rings. The molecular formula is C29H24Cl2N2O5S. The van der Waals surface area contributed by atoms with Gasteiger partial charge in [0.2, 0.25) is 0 Å². The van der Waals surface area contributed by atoms with Gasteiger partial charge in [0.1, 0.15) is 23.4 Å². The monoisotopic (exact) mass is 582 g/mol. The van der Waals surface area contributed by atoms with E-state index in [1.165, 1.54) is 42.5 Å². The number of anilines is 1. The molecule has 1 saturated heterocycles. The van der Waals surface area contributed by atoms with Gasteiger partial charge in [-0.25, -0.2) is 8.42 Å². The summed E-state index contributed by atoms with van der Waals surface area (Å²) in [5, 5.41) is 0.751. The lowest BCUT2D eigenvalue weighted by Gasteiger charge is -2.39. The Hall–Kier alpha value is -3.72. The van der Waals surface area contributed by atoms with Crippen molar-refractivity contribution < 1.29 is 22.7 Å². The summed E-state index contributed by atoms with van der Waals surface area (Å²) in [5.74, 6) is 1.27. The number of halogens is 2. The predicted octanol–water partition coefficient (Wildman–Crippen LogP) is 6.80. The molecule has 1 N–H and O–H groups in total. The lowest BCUT2D eigenvalue weighted by Crippen LogP contribution is -2.56. The van der Waals surface area contributed by atoms with Crippen molar-refractivity contribution in [2.75, 3.05) is 17.8 Å². The average Bonchev–Trinajstić information content (AvgIpc) is 2.88. The molecule has 0 spiro atoms. The number of sulfonamides is 1. The zero-order valence-corrected chi connectivity index (χ0v) is 23.1. The van der Waals surface area contributed by atoms with Gasteiger partial charge in [-0.1, -0.05) is 47.5 Å². The molecule has 7 nitrogen and oxygen atoms in total. The highest BCUT2D eigenvalue weighted by Gasteiger charge is 2.34. The highest BCUT2D eigenvalue weighted by molar-refractivity contribution is 7.92. The summed E-state index contributed by atoms with van der Waals surface area (Å²) in [6.45, 7) is 2.73. The Morgan fingerprint density at radius 3 is 2.36 bits per heavy atom. The fourth-order valence-electron chi connectivity index (χ4n) is 4.06. The van der Waals surface area contributed by atoms with E-state index in [9.17, 15) is 13.2 Å². The zero-order valence-electron chi connectivity index (χ0n) is 20.8. The van der Waals surface area contributed by atoms with E-state index in [1.54, 1.807) is 29.2 Å². The van der Waals surface area contributed by atoms with Crippen LogP contribution >= 0.6 is 23.2 Å². The fraction of sp³-hybridized carbons (Fsp3) is 0.138. The zero-order chi connectivity index (χ0) is 27.6. The highest BCUT2D eigenvalue weighted by atomic mass is 35.5. The molecule has 1 aliphatic heterocycles. The number of ether oxygens (including phenoxy) is 2. The fourth-order valence-corrected chi connectivity index (χ4v) is 5.48. The molecule has 0 atom stereocenters. The molecule has 5 rings (SSSR count). The number of rotatable bonds is 8. The van der Waals surface area contributed by atoms with E-state index >= 15 is 0 Å². The Balaban J connectivity index is 1.27. The van der Waals surface area contributed by atoms with Crippen LogP contribution in [0.2, 0.25) is 10.0 Å². The maximum absolute atomic E-state index is 13.3. The van der Waals surface area contributed by atoms with E-state index in [0.717, 1.165) is 11.3 Å². The largest absolute Gasteiger partial charge is 0.487 e. The van der Waals surface area contributed by atoms with Crippen LogP contribution in [-0.4, -0.2) is 38.4 Å². The van der Waals surface area contributed by atoms with Gasteiger partial charge in [0.25, 0.3) is 15.9 Å². The summed E-state index contributed by atoms with van der Waals surface area (Å²) >= 11 is 12.3. The van der Waals surface area contributed by atoms with E-state index in [2.05, 4.69) is 4.72 Å². The number of nitrogens with zero attached hydrogens (tertiary/aromatic N) is 1. The SMILES string of the molecule is Cc1cccc(OC2CN(C(=O)c3cc(Cl)ccc3NS(=O)(=O)c3ccc(Oc4ccccc4Cl)cc3)C2)c1. The van der Waals surface area contributed by atoms with E-state index in [0.29, 0.717) is 34.6 Å². The third-order valence-electron chi connectivity index (χ3n) is 6.08. The summed E-state index contributed by atoms with van der Waals surface area (Å²) in [5.41, 5.74) is 1.36. The molecule has 4 aromatic rings. The van der Waals surface area contributed by atoms with Crippen molar-refractivity contribution in [3.8, 4) is 17.2 Å². The van der Waals surface area contributed by atoms with Crippen LogP contribution in [-0.2, 0) is 10.0 Å². The number of hydrogen-bond acceptors (Lipinski definition) is 5. The molecule has 39 heavy (non-hydrogen) atoms. The summed E-state index contributed by atoms with van der Waals surface area (Å²) < 4.78 is 40.5. The Labute approximate surface area is 236 Å². The van der Waals surface area contributed by atoms with Gasteiger partial charge in [-0.2, -0.15) is 0 Å². The van der Waals surface area contributed by atoms with Crippen LogP contribution in [0.25, 0.3) is 0 Å². The second kappa shape index (κ2) is 11.2. The molecule has 0 saturated carbocycles. The molecule has 4 aromatic carbocycles. The smallest absolute Gasteiger partial charge is 0.261 e. The second-order valence-corrected chi connectivity index (χ2v) is 11.6. The maximum atomic E-state index is 13.3. The lowest BCUT2D eigenvalue weighted by molar-refractivity contribution is 0.0178. The first-order valence-electron chi connectivity index (χ1n) is 12.1. The summed E-state index contributed by atoms with van der Waals surface area (Å²) in [7, 11) is -4.02. The van der Waals surface area contributed by atoms with Crippen molar-refractivity contribution in [1.82, 2.24) is 4.90 Å². The van der Waals surface area contributed by atoms with Gasteiger partial charge in [0.15, 0.2) is 0 Å². The van der Waals surface area contributed by atoms with E-state index in [4.69, 9.17) is 32.7 Å². The summed E-state index contributed by atoms with van der Waals surface area (Å²) in [4.78, 5) is 14.9. The van der Waals surface area contributed by atoms with Crippen molar-refractivity contribution in [1.29, 1.82) is 0 Å². The molecule has 0 aliphatic carbocycles. The van der Waals surface area contributed by atoms with Crippen LogP contribution in [0.4, 0.5) is 5.69 Å². The number of carbonyl (C=O) groups excluding carboxylic acids is 1. The first-order chi connectivity index (χ1) is 18.7. The Bertz CT molecular complexity index is 1620. The van der Waals surface area contributed by atoms with Crippen molar-refractivity contribution in [3.63, 3.8) is 0 Å². The van der Waals surface area contributed by atoms with Gasteiger partial charge in [-0.05, 0) is 79.2 Å². The number of nitrogens with one attached hydrogen (secondary N) is 1. The number of likely N-dealkylation sites (tertiary alicyclic amines) is 1. The number of aryl methyl sites for hydroxylation is 1. The number of carbonyl (C=O) groups is 1. The van der Waals surface area contributed by atoms with Crippen molar-refractivity contribution in [3.05, 3.63) is 112 Å². The first-order valence-corrected chi connectivity index (χ1v) is 14.3. The molecule has 0 unspecified atom stereocenters. The molecule has 1 amide bonds. The normalized spacial score (nSPS) is 13.5.